The van der Waals surface area contributed by atoms with Crippen LogP contribution in [0.15, 0.2) is 83.8 Å². The minimum absolute atomic E-state index is 1.16. The predicted molar refractivity (Wildman–Crippen MR) is 83.5 cm³/mol. The highest BCUT2D eigenvalue weighted by atomic mass is 14.8. The van der Waals surface area contributed by atoms with Crippen molar-refractivity contribution in [2.75, 3.05) is 0 Å². The minimum atomic E-state index is 1.16. The van der Waals surface area contributed by atoms with E-state index in [-0.39, 0.29) is 0 Å². The average Bonchev–Trinajstić information content (AvgIpc) is 2.95. The van der Waals surface area contributed by atoms with E-state index < -0.39 is 0 Å². The van der Waals surface area contributed by atoms with E-state index in [1.165, 1.54) is 29.7 Å². The lowest BCUT2D eigenvalue weighted by Crippen LogP contribution is -2.03. The van der Waals surface area contributed by atoms with Crippen LogP contribution in [0.3, 0.4) is 0 Å². The van der Waals surface area contributed by atoms with Gasteiger partial charge in [0, 0.05) is 11.9 Å². The maximum absolute atomic E-state index is 3.23. The van der Waals surface area contributed by atoms with Gasteiger partial charge in [0.2, 0.25) is 0 Å². The molecule has 0 bridgehead atoms. The number of fused-ring (bicyclic) bond motifs is 1. The van der Waals surface area contributed by atoms with Gasteiger partial charge in [-0.15, -0.1) is 0 Å². The Hall–Kier alpha value is -2.02. The van der Waals surface area contributed by atoms with Crippen LogP contribution in [-0.2, 0) is 0 Å². The molecular weight excluding hydrogens is 230 g/mol. The van der Waals surface area contributed by atoms with Crippen molar-refractivity contribution in [3.8, 4) is 0 Å². The van der Waals surface area contributed by atoms with Gasteiger partial charge in [0.25, 0.3) is 0 Å². The number of hydrogen-bond donors (Lipinski definition) is 1. The van der Waals surface area contributed by atoms with Gasteiger partial charge >= 0.3 is 0 Å². The van der Waals surface area contributed by atoms with Gasteiger partial charge in [-0.2, -0.15) is 0 Å². The van der Waals surface area contributed by atoms with Gasteiger partial charge in [-0.3, -0.25) is 0 Å². The fourth-order valence-electron chi connectivity index (χ4n) is 2.02. The molecule has 19 heavy (non-hydrogen) atoms. The third-order valence-electron chi connectivity index (χ3n) is 3.12. The average molecular weight is 251 g/mol. The number of rotatable bonds is 3. The maximum Gasteiger partial charge on any atom is 0.0146 e. The van der Waals surface area contributed by atoms with Gasteiger partial charge in [-0.25, -0.2) is 0 Å². The number of hydrogen-bond acceptors (Lipinski definition) is 1. The molecule has 0 radical (unpaired) electrons. The van der Waals surface area contributed by atoms with Crippen LogP contribution in [0.25, 0.3) is 0 Å². The molecule has 1 heteroatoms. The van der Waals surface area contributed by atoms with Crippen molar-refractivity contribution in [2.24, 2.45) is 0 Å². The van der Waals surface area contributed by atoms with Crippen LogP contribution >= 0.6 is 0 Å². The van der Waals surface area contributed by atoms with Crippen LogP contribution < -0.4 is 5.32 Å². The maximum atomic E-state index is 3.23. The molecule has 0 aromatic heterocycles. The Kier molecular flexibility index (Phi) is 5.24. The first-order chi connectivity index (χ1) is 9.40. The van der Waals surface area contributed by atoms with Gasteiger partial charge in [0.15, 0.2) is 0 Å². The summed E-state index contributed by atoms with van der Waals surface area (Å²) in [5.41, 5.74) is 4.02. The van der Waals surface area contributed by atoms with E-state index in [9.17, 15) is 0 Å². The Morgan fingerprint density at radius 3 is 2.26 bits per heavy atom. The SMILES string of the molecule is C1=CC2=CC=CC2=C1.CCCCC1=CC=CC=CN1. The molecule has 2 aliphatic carbocycles. The van der Waals surface area contributed by atoms with E-state index >= 15 is 0 Å². The molecule has 1 heterocycles. The molecule has 0 spiro atoms. The first kappa shape index (κ1) is 13.4. The van der Waals surface area contributed by atoms with Crippen LogP contribution in [0.4, 0.5) is 0 Å². The largest absolute Gasteiger partial charge is 0.365 e. The molecule has 0 aromatic carbocycles. The van der Waals surface area contributed by atoms with Gasteiger partial charge in [-0.05, 0) is 36.1 Å². The Bertz CT molecular complexity index is 482. The predicted octanol–water partition coefficient (Wildman–Crippen LogP) is 4.71. The third kappa shape index (κ3) is 4.29. The molecule has 3 rings (SSSR count). The summed E-state index contributed by atoms with van der Waals surface area (Å²) in [7, 11) is 0. The second-order valence-electron chi connectivity index (χ2n) is 4.65. The molecule has 0 unspecified atom stereocenters. The van der Waals surface area contributed by atoms with Crippen LogP contribution in [0.2, 0.25) is 0 Å². The summed E-state index contributed by atoms with van der Waals surface area (Å²) in [4.78, 5) is 0. The Morgan fingerprint density at radius 2 is 1.58 bits per heavy atom. The van der Waals surface area contributed by atoms with Gasteiger partial charge in [0.1, 0.15) is 0 Å². The highest BCUT2D eigenvalue weighted by Gasteiger charge is 2.04. The second-order valence-corrected chi connectivity index (χ2v) is 4.65. The first-order valence-corrected chi connectivity index (χ1v) is 6.96. The van der Waals surface area contributed by atoms with E-state index in [1.807, 2.05) is 18.4 Å². The lowest BCUT2D eigenvalue weighted by molar-refractivity contribution is 0.756. The fourth-order valence-corrected chi connectivity index (χ4v) is 2.02. The quantitative estimate of drug-likeness (QED) is 0.765. The summed E-state index contributed by atoms with van der Waals surface area (Å²) in [5, 5.41) is 3.23. The monoisotopic (exact) mass is 251 g/mol. The first-order valence-electron chi connectivity index (χ1n) is 6.96. The molecule has 3 aliphatic rings. The Morgan fingerprint density at radius 1 is 0.842 bits per heavy atom. The summed E-state index contributed by atoms with van der Waals surface area (Å²) >= 11 is 0. The summed E-state index contributed by atoms with van der Waals surface area (Å²) < 4.78 is 0. The number of nitrogens with one attached hydrogen (secondary N) is 1. The lowest BCUT2D eigenvalue weighted by Gasteiger charge is -2.03. The minimum Gasteiger partial charge on any atom is -0.365 e. The summed E-state index contributed by atoms with van der Waals surface area (Å²) in [6.45, 7) is 2.21. The van der Waals surface area contributed by atoms with Crippen LogP contribution in [-0.4, -0.2) is 0 Å². The Labute approximate surface area is 116 Å². The molecule has 98 valence electrons. The molecule has 0 atom stereocenters. The van der Waals surface area contributed by atoms with Crippen LogP contribution in [0.1, 0.15) is 26.2 Å². The van der Waals surface area contributed by atoms with Crippen LogP contribution in [0.5, 0.6) is 0 Å². The van der Waals surface area contributed by atoms with Gasteiger partial charge < -0.3 is 5.32 Å². The summed E-state index contributed by atoms with van der Waals surface area (Å²) in [6.07, 6.45) is 26.5. The fraction of sp³-hybridized carbons (Fsp3) is 0.222. The topological polar surface area (TPSA) is 12.0 Å². The van der Waals surface area contributed by atoms with E-state index in [0.29, 0.717) is 0 Å². The van der Waals surface area contributed by atoms with Crippen molar-refractivity contribution in [1.29, 1.82) is 0 Å². The lowest BCUT2D eigenvalue weighted by atomic mass is 10.2. The van der Waals surface area contributed by atoms with Crippen molar-refractivity contribution < 1.29 is 0 Å². The van der Waals surface area contributed by atoms with Crippen molar-refractivity contribution in [2.45, 2.75) is 26.2 Å². The smallest absolute Gasteiger partial charge is 0.0146 e. The van der Waals surface area contributed by atoms with E-state index in [4.69, 9.17) is 0 Å². The summed E-state index contributed by atoms with van der Waals surface area (Å²) in [6, 6.07) is 0. The zero-order chi connectivity index (χ0) is 13.3. The normalized spacial score (nSPS) is 17.8. The van der Waals surface area contributed by atoms with E-state index in [2.05, 4.69) is 60.8 Å². The molecule has 1 aliphatic heterocycles. The molecule has 0 aromatic rings. The molecule has 1 nitrogen and oxygen atoms in total. The summed E-state index contributed by atoms with van der Waals surface area (Å²) in [5.74, 6) is 0. The molecule has 1 N–H and O–H groups in total. The van der Waals surface area contributed by atoms with Crippen molar-refractivity contribution in [1.82, 2.24) is 5.32 Å². The van der Waals surface area contributed by atoms with Crippen LogP contribution in [0, 0.1) is 0 Å². The molecule has 0 fully saturated rings. The molecule has 0 saturated heterocycles. The third-order valence-corrected chi connectivity index (χ3v) is 3.12. The number of allylic oxidation sites excluding steroid dienone is 13. The van der Waals surface area contributed by atoms with Crippen molar-refractivity contribution in [3.05, 3.63) is 83.8 Å². The Balaban J connectivity index is 0.000000146. The van der Waals surface area contributed by atoms with Gasteiger partial charge in [-0.1, -0.05) is 62.0 Å². The van der Waals surface area contributed by atoms with E-state index in [1.54, 1.807) is 0 Å². The highest BCUT2D eigenvalue weighted by Crippen LogP contribution is 2.23. The second kappa shape index (κ2) is 7.42. The standard InChI is InChI=1S/C10H15N.C8H6/c1-2-3-7-10-8-5-4-6-9-11-10;1-3-7-5-2-6-8(7)4-1/h4-6,8-9,11H,2-3,7H2,1H3;1-6H. The highest BCUT2D eigenvalue weighted by molar-refractivity contribution is 5.59. The molecule has 0 saturated carbocycles. The zero-order valence-electron chi connectivity index (χ0n) is 11.5. The number of unbranched alkanes of at least 4 members (excludes halogenated alkanes) is 1. The van der Waals surface area contributed by atoms with E-state index in [0.717, 1.165) is 6.42 Å². The zero-order valence-corrected chi connectivity index (χ0v) is 11.5. The molecule has 0 amide bonds. The van der Waals surface area contributed by atoms with Gasteiger partial charge in [0.05, 0.1) is 0 Å². The van der Waals surface area contributed by atoms with Crippen molar-refractivity contribution >= 4 is 0 Å². The molecular formula is C18H21N. The van der Waals surface area contributed by atoms with Crippen molar-refractivity contribution in [3.63, 3.8) is 0 Å².